The summed E-state index contributed by atoms with van der Waals surface area (Å²) in [5.41, 5.74) is 2.49. The molecule has 0 atom stereocenters. The minimum atomic E-state index is 0.0529. The molecule has 3 heterocycles. The molecule has 1 fully saturated rings. The summed E-state index contributed by atoms with van der Waals surface area (Å²) in [6, 6.07) is 1.88. The second kappa shape index (κ2) is 8.83. The van der Waals surface area contributed by atoms with Gasteiger partial charge < -0.3 is 19.7 Å². The van der Waals surface area contributed by atoms with Crippen LogP contribution in [0.3, 0.4) is 0 Å². The summed E-state index contributed by atoms with van der Waals surface area (Å²) in [5, 5.41) is 3.19. The van der Waals surface area contributed by atoms with Crippen LogP contribution in [0.25, 0.3) is 0 Å². The number of nitrogens with zero attached hydrogens (tertiary/aromatic N) is 5. The van der Waals surface area contributed by atoms with Crippen molar-refractivity contribution in [1.29, 1.82) is 0 Å². The molecule has 0 bridgehead atoms. The summed E-state index contributed by atoms with van der Waals surface area (Å²) in [6.45, 7) is 3.22. The second-order valence-corrected chi connectivity index (χ2v) is 6.82. The highest BCUT2D eigenvalue weighted by Gasteiger charge is 2.26. The lowest BCUT2D eigenvalue weighted by atomic mass is 10.1. The highest BCUT2D eigenvalue weighted by molar-refractivity contribution is 5.82. The van der Waals surface area contributed by atoms with Crippen molar-refractivity contribution in [3.8, 4) is 5.88 Å². The number of methoxy groups -OCH3 is 1. The number of amides is 1. The summed E-state index contributed by atoms with van der Waals surface area (Å²) < 4.78 is 10.6. The molecule has 1 amide bonds. The van der Waals surface area contributed by atoms with Crippen molar-refractivity contribution in [2.24, 2.45) is 0 Å². The minimum Gasteiger partial charge on any atom is -0.481 e. The zero-order valence-electron chi connectivity index (χ0n) is 16.7. The van der Waals surface area contributed by atoms with Gasteiger partial charge in [0.1, 0.15) is 0 Å². The maximum Gasteiger partial charge on any atom is 0.229 e. The number of rotatable bonds is 7. The Hall–Kier alpha value is -2.94. The Labute approximate surface area is 164 Å². The predicted octanol–water partition coefficient (Wildman–Crippen LogP) is 2.14. The van der Waals surface area contributed by atoms with Crippen LogP contribution in [0.5, 0.6) is 5.88 Å². The van der Waals surface area contributed by atoms with Crippen molar-refractivity contribution < 1.29 is 14.3 Å². The number of carbonyl (C=O) groups is 1. The van der Waals surface area contributed by atoms with Crippen molar-refractivity contribution >= 4 is 29.6 Å². The van der Waals surface area contributed by atoms with Gasteiger partial charge in [0.2, 0.25) is 18.2 Å². The van der Waals surface area contributed by atoms with Crippen LogP contribution >= 0.6 is 0 Å². The molecule has 0 saturated carbocycles. The number of hydrogen-bond acceptors (Lipinski definition) is 8. The first-order valence-corrected chi connectivity index (χ1v) is 9.17. The molecule has 2 aromatic heterocycles. The molecule has 1 aliphatic heterocycles. The van der Waals surface area contributed by atoms with Gasteiger partial charge >= 0.3 is 0 Å². The quantitative estimate of drug-likeness (QED) is 0.724. The number of anilines is 4. The summed E-state index contributed by atoms with van der Waals surface area (Å²) in [5.74, 6) is 1.51. The van der Waals surface area contributed by atoms with E-state index in [-0.39, 0.29) is 6.04 Å². The van der Waals surface area contributed by atoms with E-state index in [2.05, 4.69) is 20.3 Å². The van der Waals surface area contributed by atoms with E-state index in [0.717, 1.165) is 36.2 Å². The Morgan fingerprint density at radius 3 is 2.61 bits per heavy atom. The summed E-state index contributed by atoms with van der Waals surface area (Å²) in [4.78, 5) is 28.8. The lowest BCUT2D eigenvalue weighted by molar-refractivity contribution is -0.108. The minimum absolute atomic E-state index is 0.0529. The van der Waals surface area contributed by atoms with E-state index < -0.39 is 0 Å². The average molecular weight is 386 g/mol. The first-order chi connectivity index (χ1) is 13.5. The van der Waals surface area contributed by atoms with Crippen LogP contribution in [0.15, 0.2) is 18.5 Å². The third kappa shape index (κ3) is 4.30. The topological polar surface area (TPSA) is 92.7 Å². The molecular formula is C19H26N6O3. The number of carbonyl (C=O) groups excluding carboxylic acids is 1. The largest absolute Gasteiger partial charge is 0.481 e. The molecule has 3 rings (SSSR count). The Morgan fingerprint density at radius 2 is 2.00 bits per heavy atom. The van der Waals surface area contributed by atoms with Crippen LogP contribution in [0.1, 0.15) is 18.4 Å². The summed E-state index contributed by atoms with van der Waals surface area (Å²) in [6.07, 6.45) is 5.79. The number of aryl methyl sites for hydroxylation is 1. The molecular weight excluding hydrogens is 360 g/mol. The van der Waals surface area contributed by atoms with Crippen LogP contribution in [-0.2, 0) is 9.53 Å². The van der Waals surface area contributed by atoms with Gasteiger partial charge in [-0.1, -0.05) is 0 Å². The molecule has 9 nitrogen and oxygen atoms in total. The smallest absolute Gasteiger partial charge is 0.229 e. The van der Waals surface area contributed by atoms with E-state index in [1.54, 1.807) is 24.4 Å². The monoisotopic (exact) mass is 386 g/mol. The molecule has 28 heavy (non-hydrogen) atoms. The molecule has 1 N–H and O–H groups in total. The van der Waals surface area contributed by atoms with E-state index in [0.29, 0.717) is 30.9 Å². The maximum absolute atomic E-state index is 11.9. The van der Waals surface area contributed by atoms with E-state index >= 15 is 0 Å². The van der Waals surface area contributed by atoms with Gasteiger partial charge in [0.05, 0.1) is 30.9 Å². The fourth-order valence-electron chi connectivity index (χ4n) is 3.10. The lowest BCUT2D eigenvalue weighted by Crippen LogP contribution is -2.40. The number of hydrogen-bond donors (Lipinski definition) is 1. The molecule has 0 aliphatic carbocycles. The van der Waals surface area contributed by atoms with E-state index in [9.17, 15) is 4.79 Å². The standard InChI is InChI=1S/C19H26N6O3/c1-13-9-17(27-4)20-10-15(13)22-19-21-11-16(24(2)3)18(23-19)25(12-26)14-5-7-28-8-6-14/h9-12,14H,5-8H2,1-4H3,(H,21,22,23). The van der Waals surface area contributed by atoms with Gasteiger partial charge in [-0.15, -0.1) is 0 Å². The normalized spacial score (nSPS) is 14.4. The first kappa shape index (κ1) is 19.8. The Morgan fingerprint density at radius 1 is 1.25 bits per heavy atom. The average Bonchev–Trinajstić information content (AvgIpc) is 2.71. The van der Waals surface area contributed by atoms with Gasteiger partial charge in [-0.2, -0.15) is 4.98 Å². The molecule has 0 aromatic carbocycles. The third-order valence-corrected chi connectivity index (χ3v) is 4.72. The van der Waals surface area contributed by atoms with Gasteiger partial charge in [-0.05, 0) is 25.3 Å². The molecule has 9 heteroatoms. The zero-order chi connectivity index (χ0) is 20.1. The SMILES string of the molecule is COc1cc(C)c(Nc2ncc(N(C)C)c(N(C=O)C3CCOCC3)n2)cn1. The van der Waals surface area contributed by atoms with Crippen LogP contribution in [0, 0.1) is 6.92 Å². The Balaban J connectivity index is 1.93. The van der Waals surface area contributed by atoms with Gasteiger partial charge in [-0.3, -0.25) is 9.69 Å². The summed E-state index contributed by atoms with van der Waals surface area (Å²) in [7, 11) is 5.38. The molecule has 0 unspecified atom stereocenters. The van der Waals surface area contributed by atoms with Gasteiger partial charge in [0, 0.05) is 39.4 Å². The fourth-order valence-corrected chi connectivity index (χ4v) is 3.10. The molecule has 1 aliphatic rings. The Bertz CT molecular complexity index is 823. The van der Waals surface area contributed by atoms with Crippen molar-refractivity contribution in [3.63, 3.8) is 0 Å². The highest BCUT2D eigenvalue weighted by atomic mass is 16.5. The second-order valence-electron chi connectivity index (χ2n) is 6.82. The van der Waals surface area contributed by atoms with Crippen LogP contribution < -0.4 is 19.9 Å². The van der Waals surface area contributed by atoms with Crippen molar-refractivity contribution in [2.75, 3.05) is 49.5 Å². The zero-order valence-corrected chi connectivity index (χ0v) is 16.7. The molecule has 0 spiro atoms. The number of aromatic nitrogens is 3. The van der Waals surface area contributed by atoms with Crippen molar-refractivity contribution in [1.82, 2.24) is 15.0 Å². The Kier molecular flexibility index (Phi) is 6.25. The van der Waals surface area contributed by atoms with Gasteiger partial charge in [0.25, 0.3) is 0 Å². The van der Waals surface area contributed by atoms with Crippen LogP contribution in [0.2, 0.25) is 0 Å². The van der Waals surface area contributed by atoms with E-state index in [1.807, 2.05) is 32.0 Å². The van der Waals surface area contributed by atoms with Crippen molar-refractivity contribution in [3.05, 3.63) is 24.0 Å². The lowest BCUT2D eigenvalue weighted by Gasteiger charge is -2.32. The van der Waals surface area contributed by atoms with Crippen LogP contribution in [0.4, 0.5) is 23.1 Å². The van der Waals surface area contributed by atoms with Gasteiger partial charge in [-0.25, -0.2) is 9.97 Å². The van der Waals surface area contributed by atoms with E-state index in [4.69, 9.17) is 9.47 Å². The maximum atomic E-state index is 11.9. The van der Waals surface area contributed by atoms with Crippen molar-refractivity contribution in [2.45, 2.75) is 25.8 Å². The van der Waals surface area contributed by atoms with E-state index in [1.165, 1.54) is 0 Å². The number of nitrogens with one attached hydrogen (secondary N) is 1. The number of pyridine rings is 1. The number of ether oxygens (including phenoxy) is 2. The molecule has 0 radical (unpaired) electrons. The van der Waals surface area contributed by atoms with Crippen LogP contribution in [-0.4, -0.2) is 61.8 Å². The van der Waals surface area contributed by atoms with Gasteiger partial charge in [0.15, 0.2) is 5.82 Å². The first-order valence-electron chi connectivity index (χ1n) is 9.17. The fraction of sp³-hybridized carbons (Fsp3) is 0.474. The molecule has 150 valence electrons. The third-order valence-electron chi connectivity index (χ3n) is 4.72. The molecule has 2 aromatic rings. The highest BCUT2D eigenvalue weighted by Crippen LogP contribution is 2.30. The predicted molar refractivity (Wildman–Crippen MR) is 108 cm³/mol. The summed E-state index contributed by atoms with van der Waals surface area (Å²) >= 11 is 0. The molecule has 1 saturated heterocycles.